The predicted molar refractivity (Wildman–Crippen MR) is 71.6 cm³/mol. The van der Waals surface area contributed by atoms with E-state index in [1.165, 1.54) is 16.7 Å². The average Bonchev–Trinajstić information content (AvgIpc) is 2.72. The van der Waals surface area contributed by atoms with Crippen LogP contribution in [-0.4, -0.2) is 6.54 Å². The minimum atomic E-state index is 0.403. The maximum absolute atomic E-state index is 10.1. The molecule has 0 fully saturated rings. The lowest BCUT2D eigenvalue weighted by Crippen LogP contribution is -1.98. The van der Waals surface area contributed by atoms with Gasteiger partial charge in [-0.2, -0.15) is 4.91 Å². The smallest absolute Gasteiger partial charge is 0.0816 e. The fourth-order valence-electron chi connectivity index (χ4n) is 1.89. The molecule has 2 heteroatoms. The first-order valence-electron chi connectivity index (χ1n) is 6.06. The topological polar surface area (TPSA) is 29.4 Å². The Kier molecular flexibility index (Phi) is 3.86. The van der Waals surface area contributed by atoms with Crippen LogP contribution in [0.4, 0.5) is 0 Å². The van der Waals surface area contributed by atoms with E-state index in [4.69, 9.17) is 0 Å². The van der Waals surface area contributed by atoms with Gasteiger partial charge < -0.3 is 0 Å². The van der Waals surface area contributed by atoms with Crippen molar-refractivity contribution >= 4 is 0 Å². The zero-order valence-corrected chi connectivity index (χ0v) is 10.1. The molecule has 2 aliphatic carbocycles. The summed E-state index contributed by atoms with van der Waals surface area (Å²) in [6.45, 7) is 2.54. The van der Waals surface area contributed by atoms with Gasteiger partial charge in [0, 0.05) is 0 Å². The fraction of sp³-hybridized carbons (Fsp3) is 0.333. The molecule has 0 N–H and O–H groups in total. The highest BCUT2D eigenvalue weighted by Gasteiger charge is 2.10. The normalized spacial score (nSPS) is 23.9. The Balaban J connectivity index is 1.96. The predicted octanol–water partition coefficient (Wildman–Crippen LogP) is 4.09. The first-order valence-corrected chi connectivity index (χ1v) is 6.06. The van der Waals surface area contributed by atoms with Crippen molar-refractivity contribution in [3.63, 3.8) is 0 Å². The van der Waals surface area contributed by atoms with Crippen molar-refractivity contribution in [3.8, 4) is 0 Å². The lowest BCUT2D eigenvalue weighted by Gasteiger charge is -2.07. The summed E-state index contributed by atoms with van der Waals surface area (Å²) >= 11 is 0. The summed E-state index contributed by atoms with van der Waals surface area (Å²) in [5, 5.41) is 2.91. The third kappa shape index (κ3) is 3.13. The number of hydrogen-bond donors (Lipinski definition) is 0. The molecule has 2 rings (SSSR count). The van der Waals surface area contributed by atoms with Crippen LogP contribution in [0.3, 0.4) is 0 Å². The van der Waals surface area contributed by atoms with Gasteiger partial charge in [0.25, 0.3) is 0 Å². The van der Waals surface area contributed by atoms with Crippen molar-refractivity contribution in [1.29, 1.82) is 0 Å². The van der Waals surface area contributed by atoms with Crippen LogP contribution in [0.1, 0.15) is 19.8 Å². The second-order valence-electron chi connectivity index (χ2n) is 4.53. The van der Waals surface area contributed by atoms with E-state index < -0.39 is 0 Å². The van der Waals surface area contributed by atoms with E-state index >= 15 is 0 Å². The molecular formula is C15H17NO. The molecule has 0 saturated heterocycles. The summed E-state index contributed by atoms with van der Waals surface area (Å²) in [5.41, 5.74) is 3.91. The molecule has 88 valence electrons. The van der Waals surface area contributed by atoms with Gasteiger partial charge in [-0.15, -0.1) is 0 Å². The van der Waals surface area contributed by atoms with Crippen molar-refractivity contribution in [2.75, 3.05) is 6.54 Å². The molecule has 1 unspecified atom stereocenters. The summed E-state index contributed by atoms with van der Waals surface area (Å²) in [4.78, 5) is 10.1. The fourth-order valence-corrected chi connectivity index (χ4v) is 1.89. The standard InChI is InChI=1S/C15H17NO/c1-12(9-10-16-17)15-8-7-14(11-15)6-5-13-3-2-4-13/h2-3,5-8,11-12H,4,9-10H2,1H3/b13-5-,14-6+. The largest absolute Gasteiger partial charge is 0.151 e. The van der Waals surface area contributed by atoms with Crippen LogP contribution in [0.25, 0.3) is 0 Å². The lowest BCUT2D eigenvalue weighted by molar-refractivity contribution is 0.636. The number of hydrogen-bond acceptors (Lipinski definition) is 2. The lowest BCUT2D eigenvalue weighted by atomic mass is 9.98. The molecule has 2 aliphatic rings. The summed E-state index contributed by atoms with van der Waals surface area (Å²) in [5.74, 6) is 0.408. The van der Waals surface area contributed by atoms with E-state index in [-0.39, 0.29) is 0 Å². The quantitative estimate of drug-likeness (QED) is 0.650. The van der Waals surface area contributed by atoms with Gasteiger partial charge >= 0.3 is 0 Å². The maximum atomic E-state index is 10.1. The number of nitrogens with zero attached hydrogens (tertiary/aromatic N) is 1. The molecule has 0 aromatic rings. The van der Waals surface area contributed by atoms with Crippen molar-refractivity contribution in [2.45, 2.75) is 19.8 Å². The SMILES string of the molecule is CC(CCN=O)C1=C/C(=C/C=C2/C=CC2)C=C1. The Bertz CT molecular complexity index is 450. The Labute approximate surface area is 102 Å². The Morgan fingerprint density at radius 3 is 2.82 bits per heavy atom. The van der Waals surface area contributed by atoms with Gasteiger partial charge in [-0.05, 0) is 35.5 Å². The van der Waals surface area contributed by atoms with E-state index in [0.717, 1.165) is 12.8 Å². The minimum Gasteiger partial charge on any atom is -0.151 e. The van der Waals surface area contributed by atoms with Crippen molar-refractivity contribution < 1.29 is 0 Å². The van der Waals surface area contributed by atoms with Gasteiger partial charge in [0.1, 0.15) is 0 Å². The molecule has 0 heterocycles. The van der Waals surface area contributed by atoms with Crippen LogP contribution >= 0.6 is 0 Å². The monoisotopic (exact) mass is 227 g/mol. The molecule has 0 spiro atoms. The van der Waals surface area contributed by atoms with E-state index in [0.29, 0.717) is 12.5 Å². The van der Waals surface area contributed by atoms with E-state index in [9.17, 15) is 4.91 Å². The third-order valence-electron chi connectivity index (χ3n) is 3.20. The van der Waals surface area contributed by atoms with Gasteiger partial charge in [0.05, 0.1) is 6.54 Å². The highest BCUT2D eigenvalue weighted by atomic mass is 16.3. The summed E-state index contributed by atoms with van der Waals surface area (Å²) < 4.78 is 0. The number of allylic oxidation sites excluding steroid dienone is 10. The van der Waals surface area contributed by atoms with Crippen molar-refractivity contribution in [3.05, 3.63) is 64.2 Å². The first kappa shape index (κ1) is 11.8. The molecule has 0 radical (unpaired) electrons. The Hall–Kier alpha value is -1.70. The van der Waals surface area contributed by atoms with Crippen LogP contribution in [0.15, 0.2) is 64.4 Å². The summed E-state index contributed by atoms with van der Waals surface area (Å²) in [6, 6.07) is 0. The van der Waals surface area contributed by atoms with E-state index in [2.05, 4.69) is 54.6 Å². The van der Waals surface area contributed by atoms with E-state index in [1.807, 2.05) is 0 Å². The molecule has 0 bridgehead atoms. The molecule has 0 saturated carbocycles. The van der Waals surface area contributed by atoms with Crippen molar-refractivity contribution in [1.82, 2.24) is 0 Å². The van der Waals surface area contributed by atoms with Crippen LogP contribution in [-0.2, 0) is 0 Å². The molecule has 17 heavy (non-hydrogen) atoms. The van der Waals surface area contributed by atoms with Gasteiger partial charge in [-0.25, -0.2) is 0 Å². The highest BCUT2D eigenvalue weighted by Crippen LogP contribution is 2.25. The first-order chi connectivity index (χ1) is 8.29. The zero-order valence-electron chi connectivity index (χ0n) is 10.1. The molecule has 0 amide bonds. The summed E-state index contributed by atoms with van der Waals surface area (Å²) in [7, 11) is 0. The molecule has 2 nitrogen and oxygen atoms in total. The maximum Gasteiger partial charge on any atom is 0.0816 e. The molecule has 0 aromatic carbocycles. The summed E-state index contributed by atoms with van der Waals surface area (Å²) in [6.07, 6.45) is 17.0. The third-order valence-corrected chi connectivity index (χ3v) is 3.20. The molecule has 1 atom stereocenters. The Morgan fingerprint density at radius 2 is 2.18 bits per heavy atom. The zero-order chi connectivity index (χ0) is 12.1. The van der Waals surface area contributed by atoms with E-state index in [1.54, 1.807) is 0 Å². The number of nitroso groups, excluding NO2 is 1. The number of rotatable bonds is 5. The van der Waals surface area contributed by atoms with Gasteiger partial charge in [-0.3, -0.25) is 0 Å². The minimum absolute atomic E-state index is 0.403. The average molecular weight is 227 g/mol. The van der Waals surface area contributed by atoms with Gasteiger partial charge in [-0.1, -0.05) is 54.6 Å². The van der Waals surface area contributed by atoms with Gasteiger partial charge in [0.15, 0.2) is 0 Å². The molecule has 0 aromatic heterocycles. The Morgan fingerprint density at radius 1 is 1.35 bits per heavy atom. The molecule has 0 aliphatic heterocycles. The highest BCUT2D eigenvalue weighted by molar-refractivity contribution is 5.49. The van der Waals surface area contributed by atoms with Crippen LogP contribution in [0, 0.1) is 10.8 Å². The molecular weight excluding hydrogens is 210 g/mol. The van der Waals surface area contributed by atoms with Crippen LogP contribution < -0.4 is 0 Å². The second kappa shape index (κ2) is 5.58. The van der Waals surface area contributed by atoms with Gasteiger partial charge in [0.2, 0.25) is 0 Å². The van der Waals surface area contributed by atoms with Crippen molar-refractivity contribution in [2.24, 2.45) is 11.1 Å². The van der Waals surface area contributed by atoms with Crippen LogP contribution in [0.2, 0.25) is 0 Å². The van der Waals surface area contributed by atoms with Crippen LogP contribution in [0.5, 0.6) is 0 Å². The second-order valence-corrected chi connectivity index (χ2v) is 4.53.